The summed E-state index contributed by atoms with van der Waals surface area (Å²) in [5.41, 5.74) is 3.95. The van der Waals surface area contributed by atoms with Crippen LogP contribution < -0.4 is 5.32 Å². The number of benzene rings is 3. The Bertz CT molecular complexity index is 1330. The SMILES string of the molecule is O=C(CCCS(=O)(=O)c1ccc(F)cc1)Nc1nc(-c2ccc(-c3ccccc3)cc2)cs1. The normalized spacial score (nSPS) is 11.3. The van der Waals surface area contributed by atoms with Crippen LogP contribution >= 0.6 is 11.3 Å². The molecule has 1 aromatic heterocycles. The lowest BCUT2D eigenvalue weighted by Gasteiger charge is -2.05. The summed E-state index contributed by atoms with van der Waals surface area (Å²) >= 11 is 1.31. The maximum absolute atomic E-state index is 13.0. The van der Waals surface area contributed by atoms with E-state index in [2.05, 4.69) is 22.4 Å². The second-order valence-corrected chi connectivity index (χ2v) is 10.4. The van der Waals surface area contributed by atoms with Crippen LogP contribution in [0.1, 0.15) is 12.8 Å². The molecule has 5 nitrogen and oxygen atoms in total. The Morgan fingerprint density at radius 3 is 2.21 bits per heavy atom. The summed E-state index contributed by atoms with van der Waals surface area (Å²) in [5, 5.41) is 5.06. The van der Waals surface area contributed by atoms with Crippen molar-refractivity contribution in [3.05, 3.63) is 90.1 Å². The first-order chi connectivity index (χ1) is 15.9. The van der Waals surface area contributed by atoms with E-state index < -0.39 is 15.7 Å². The molecule has 0 aliphatic rings. The van der Waals surface area contributed by atoms with Crippen LogP contribution in [-0.2, 0) is 14.6 Å². The zero-order valence-corrected chi connectivity index (χ0v) is 19.2. The standard InChI is InChI=1S/C25H21FN2O3S2/c26-21-12-14-22(15-13-21)33(30,31)16-4-7-24(29)28-25-27-23(17-32-25)20-10-8-19(9-11-20)18-5-2-1-3-6-18/h1-3,5-6,8-15,17H,4,7,16H2,(H,27,28,29). The lowest BCUT2D eigenvalue weighted by atomic mass is 10.0. The quantitative estimate of drug-likeness (QED) is 0.323. The third kappa shape index (κ3) is 5.91. The molecule has 0 saturated heterocycles. The monoisotopic (exact) mass is 480 g/mol. The van der Waals surface area contributed by atoms with Gasteiger partial charge in [0, 0.05) is 17.4 Å². The molecule has 0 aliphatic heterocycles. The minimum Gasteiger partial charge on any atom is -0.302 e. The van der Waals surface area contributed by atoms with E-state index in [9.17, 15) is 17.6 Å². The van der Waals surface area contributed by atoms with Gasteiger partial charge in [-0.25, -0.2) is 17.8 Å². The fourth-order valence-electron chi connectivity index (χ4n) is 3.29. The molecule has 8 heteroatoms. The average Bonchev–Trinajstić information content (AvgIpc) is 3.28. The first-order valence-electron chi connectivity index (χ1n) is 10.3. The highest BCUT2D eigenvalue weighted by atomic mass is 32.2. The second kappa shape index (κ2) is 10.1. The summed E-state index contributed by atoms with van der Waals surface area (Å²) in [4.78, 5) is 16.8. The Morgan fingerprint density at radius 2 is 1.52 bits per heavy atom. The van der Waals surface area contributed by atoms with E-state index >= 15 is 0 Å². The minimum absolute atomic E-state index is 0.0428. The highest BCUT2D eigenvalue weighted by molar-refractivity contribution is 7.91. The summed E-state index contributed by atoms with van der Waals surface area (Å²) in [6.07, 6.45) is 0.200. The summed E-state index contributed by atoms with van der Waals surface area (Å²) in [5.74, 6) is -0.990. The van der Waals surface area contributed by atoms with Crippen LogP contribution in [0.15, 0.2) is 89.1 Å². The van der Waals surface area contributed by atoms with Crippen LogP contribution in [0.25, 0.3) is 22.4 Å². The number of halogens is 1. The Hall–Kier alpha value is -3.36. The van der Waals surface area contributed by atoms with Gasteiger partial charge in [0.1, 0.15) is 5.82 Å². The van der Waals surface area contributed by atoms with Crippen molar-refractivity contribution in [2.45, 2.75) is 17.7 Å². The largest absolute Gasteiger partial charge is 0.302 e. The van der Waals surface area contributed by atoms with Crippen molar-refractivity contribution in [1.82, 2.24) is 4.98 Å². The molecule has 3 aromatic carbocycles. The molecule has 4 rings (SSSR count). The van der Waals surface area contributed by atoms with E-state index in [4.69, 9.17) is 0 Å². The molecule has 33 heavy (non-hydrogen) atoms. The van der Waals surface area contributed by atoms with Gasteiger partial charge in [0.15, 0.2) is 15.0 Å². The molecule has 1 heterocycles. The van der Waals surface area contributed by atoms with Gasteiger partial charge in [0.2, 0.25) is 5.91 Å². The highest BCUT2D eigenvalue weighted by Crippen LogP contribution is 2.27. The predicted octanol–water partition coefficient (Wildman–Crippen LogP) is 5.81. The smallest absolute Gasteiger partial charge is 0.226 e. The maximum Gasteiger partial charge on any atom is 0.226 e. The van der Waals surface area contributed by atoms with Crippen LogP contribution in [-0.4, -0.2) is 25.1 Å². The van der Waals surface area contributed by atoms with Gasteiger partial charge in [-0.15, -0.1) is 11.3 Å². The van der Waals surface area contributed by atoms with E-state index in [0.29, 0.717) is 5.13 Å². The van der Waals surface area contributed by atoms with Crippen LogP contribution in [0.3, 0.4) is 0 Å². The van der Waals surface area contributed by atoms with Crippen LogP contribution in [0.2, 0.25) is 0 Å². The van der Waals surface area contributed by atoms with Crippen LogP contribution in [0.4, 0.5) is 9.52 Å². The molecular weight excluding hydrogens is 459 g/mol. The third-order valence-corrected chi connectivity index (χ3v) is 7.60. The number of rotatable bonds is 8. The maximum atomic E-state index is 13.0. The van der Waals surface area contributed by atoms with Crippen molar-refractivity contribution >= 4 is 32.2 Å². The number of hydrogen-bond donors (Lipinski definition) is 1. The zero-order chi connectivity index (χ0) is 23.3. The molecule has 0 saturated carbocycles. The number of hydrogen-bond acceptors (Lipinski definition) is 5. The van der Waals surface area contributed by atoms with Gasteiger partial charge in [-0.3, -0.25) is 4.79 Å². The molecule has 1 amide bonds. The summed E-state index contributed by atoms with van der Waals surface area (Å²) in [6.45, 7) is 0. The van der Waals surface area contributed by atoms with Crippen molar-refractivity contribution in [2.75, 3.05) is 11.1 Å². The number of sulfone groups is 1. The number of thiazole rings is 1. The minimum atomic E-state index is -3.56. The van der Waals surface area contributed by atoms with Gasteiger partial charge < -0.3 is 5.32 Å². The Morgan fingerprint density at radius 1 is 0.879 bits per heavy atom. The lowest BCUT2D eigenvalue weighted by Crippen LogP contribution is -2.14. The molecule has 0 atom stereocenters. The topological polar surface area (TPSA) is 76.1 Å². The fourth-order valence-corrected chi connectivity index (χ4v) is 5.34. The molecule has 0 spiro atoms. The average molecular weight is 481 g/mol. The summed E-state index contributed by atoms with van der Waals surface area (Å²) in [6, 6.07) is 22.8. The number of carbonyl (C=O) groups is 1. The molecular formula is C25H21FN2O3S2. The van der Waals surface area contributed by atoms with Crippen molar-refractivity contribution in [1.29, 1.82) is 0 Å². The van der Waals surface area contributed by atoms with E-state index in [1.54, 1.807) is 0 Å². The number of carbonyl (C=O) groups excluding carboxylic acids is 1. The van der Waals surface area contributed by atoms with E-state index in [1.807, 2.05) is 47.8 Å². The molecule has 1 N–H and O–H groups in total. The summed E-state index contributed by atoms with van der Waals surface area (Å²) < 4.78 is 37.6. The fraction of sp³-hybridized carbons (Fsp3) is 0.120. The van der Waals surface area contributed by atoms with Gasteiger partial charge in [-0.1, -0.05) is 54.6 Å². The van der Waals surface area contributed by atoms with Crippen LogP contribution in [0.5, 0.6) is 0 Å². The van der Waals surface area contributed by atoms with Gasteiger partial charge in [0.05, 0.1) is 16.3 Å². The van der Waals surface area contributed by atoms with Crippen molar-refractivity contribution in [3.8, 4) is 22.4 Å². The van der Waals surface area contributed by atoms with Gasteiger partial charge in [-0.05, 0) is 41.8 Å². The Balaban J connectivity index is 1.31. The highest BCUT2D eigenvalue weighted by Gasteiger charge is 2.16. The van der Waals surface area contributed by atoms with Gasteiger partial charge in [0.25, 0.3) is 0 Å². The van der Waals surface area contributed by atoms with Crippen LogP contribution in [0, 0.1) is 5.82 Å². The van der Waals surface area contributed by atoms with Gasteiger partial charge in [-0.2, -0.15) is 0 Å². The van der Waals surface area contributed by atoms with Crippen molar-refractivity contribution < 1.29 is 17.6 Å². The van der Waals surface area contributed by atoms with Gasteiger partial charge >= 0.3 is 0 Å². The first-order valence-corrected chi connectivity index (χ1v) is 12.8. The number of aromatic nitrogens is 1. The first kappa shape index (κ1) is 22.8. The van der Waals surface area contributed by atoms with Crippen molar-refractivity contribution in [2.24, 2.45) is 0 Å². The molecule has 0 fully saturated rings. The Labute approximate surface area is 195 Å². The Kier molecular flexibility index (Phi) is 6.96. The van der Waals surface area contributed by atoms with E-state index in [-0.39, 0.29) is 29.4 Å². The van der Waals surface area contributed by atoms with E-state index in [1.165, 1.54) is 23.5 Å². The molecule has 0 radical (unpaired) electrons. The van der Waals surface area contributed by atoms with E-state index in [0.717, 1.165) is 34.5 Å². The zero-order valence-electron chi connectivity index (χ0n) is 17.6. The molecule has 4 aromatic rings. The molecule has 0 aliphatic carbocycles. The third-order valence-electron chi connectivity index (χ3n) is 5.03. The number of amides is 1. The summed E-state index contributed by atoms with van der Waals surface area (Å²) in [7, 11) is -3.56. The molecule has 0 bridgehead atoms. The lowest BCUT2D eigenvalue weighted by molar-refractivity contribution is -0.116. The number of nitrogens with one attached hydrogen (secondary N) is 1. The number of anilines is 1. The predicted molar refractivity (Wildman–Crippen MR) is 129 cm³/mol. The molecule has 168 valence electrons. The van der Waals surface area contributed by atoms with Crippen molar-refractivity contribution in [3.63, 3.8) is 0 Å². The molecule has 0 unspecified atom stereocenters. The number of nitrogens with zero attached hydrogens (tertiary/aromatic N) is 1. The second-order valence-electron chi connectivity index (χ2n) is 7.41.